The number of aliphatic carboxylic acids is 1. The number of carbonyl (C=O) groups excluding carboxylic acids is 13. The summed E-state index contributed by atoms with van der Waals surface area (Å²) in [6.07, 6.45) is 1.82. The summed E-state index contributed by atoms with van der Waals surface area (Å²) in [5, 5.41) is 72.8. The van der Waals surface area contributed by atoms with Crippen molar-refractivity contribution in [2.75, 3.05) is 39.5 Å². The molecular formula is C98H125N13O19S. The number of aliphatic hydroxyl groups excluding tert-OH is 2. The zero-order valence-electron chi connectivity index (χ0n) is 74.6. The number of aromatic nitrogens is 2. The van der Waals surface area contributed by atoms with Gasteiger partial charge in [-0.15, -0.1) is 0 Å². The van der Waals surface area contributed by atoms with E-state index in [4.69, 9.17) is 11.5 Å². The Labute approximate surface area is 767 Å². The number of benzene rings is 6. The molecule has 2 unspecified atom stereocenters. The number of unbranched alkanes of at least 4 members (excludes halogenated alkanes) is 3. The number of rotatable bonds is 32. The minimum absolute atomic E-state index is 0.00554. The molecule has 2 fully saturated rings. The van der Waals surface area contributed by atoms with Gasteiger partial charge >= 0.3 is 5.97 Å². The average molecular weight is 1820 g/mol. The molecule has 32 nitrogen and oxygen atoms in total. The highest BCUT2D eigenvalue weighted by Gasteiger charge is 2.43. The molecule has 2 saturated heterocycles. The second-order valence-electron chi connectivity index (χ2n) is 34.2. The zero-order valence-corrected chi connectivity index (χ0v) is 75.5. The molecule has 4 heterocycles. The van der Waals surface area contributed by atoms with Gasteiger partial charge < -0.3 is 94.0 Å². The van der Waals surface area contributed by atoms with E-state index in [1.165, 1.54) is 57.1 Å². The lowest BCUT2D eigenvalue weighted by Gasteiger charge is -2.33. The van der Waals surface area contributed by atoms with Crippen molar-refractivity contribution >= 4 is 117 Å². The monoisotopic (exact) mass is 1820 g/mol. The Balaban J connectivity index is 0.000000296. The van der Waals surface area contributed by atoms with Crippen LogP contribution >= 0.6 is 12.6 Å². The first-order valence-electron chi connectivity index (χ1n) is 44.9. The van der Waals surface area contributed by atoms with Gasteiger partial charge in [0.2, 0.25) is 53.2 Å². The lowest BCUT2D eigenvalue weighted by atomic mass is 9.87. The van der Waals surface area contributed by atoms with E-state index in [2.05, 4.69) is 59.8 Å². The van der Waals surface area contributed by atoms with Crippen molar-refractivity contribution in [3.63, 3.8) is 0 Å². The number of phenols is 2. The van der Waals surface area contributed by atoms with Crippen LogP contribution < -0.4 is 48.7 Å². The number of aliphatic hydroxyl groups is 2. The maximum Gasteiger partial charge on any atom is 0.303 e. The van der Waals surface area contributed by atoms with E-state index in [1.807, 2.05) is 48.5 Å². The van der Waals surface area contributed by atoms with Gasteiger partial charge in [0.15, 0.2) is 23.1 Å². The predicted octanol–water partition coefficient (Wildman–Crippen LogP) is 6.19. The number of Topliss-reactive ketones (excluding diaryl/α,β-unsaturated/α-hetero) is 4. The molecule has 2 aromatic heterocycles. The lowest BCUT2D eigenvalue weighted by Crippen LogP contribution is -2.59. The molecule has 6 aromatic carbocycles. The third-order valence-electron chi connectivity index (χ3n) is 24.2. The van der Waals surface area contributed by atoms with E-state index in [0.717, 1.165) is 32.3 Å². The van der Waals surface area contributed by atoms with E-state index in [0.29, 0.717) is 91.7 Å². The summed E-state index contributed by atoms with van der Waals surface area (Å²) in [5.41, 5.74) is 17.2. The Morgan fingerprint density at radius 1 is 0.412 bits per heavy atom. The predicted molar refractivity (Wildman–Crippen MR) is 496 cm³/mol. The van der Waals surface area contributed by atoms with Crippen LogP contribution in [0.3, 0.4) is 0 Å². The van der Waals surface area contributed by atoms with Gasteiger partial charge in [0, 0.05) is 143 Å². The van der Waals surface area contributed by atoms with E-state index in [9.17, 15) is 92.7 Å². The highest BCUT2D eigenvalue weighted by atomic mass is 32.1. The summed E-state index contributed by atoms with van der Waals surface area (Å²) in [6.45, 7) is 3.61. The minimum Gasteiger partial charge on any atom is -0.508 e. The van der Waals surface area contributed by atoms with Crippen molar-refractivity contribution in [1.29, 1.82) is 0 Å². The number of para-hydroxylation sites is 2. The van der Waals surface area contributed by atoms with Gasteiger partial charge in [-0.2, -0.15) is 12.6 Å². The standard InChI is InChI=1S/C51H67N7O9S.C47H58N6O10/c1-32(59)47-50(66)56-42(27-33-12-4-3-5-13-33)51(67)58(2)43(17-9-11-24-53-46(63)22-25-68)45(62)30-36(26-34-18-20-38(60)21-19-34)49(65)55-41(28-37-31-54-40-16-7-6-15-39(37)40)44(61)29-35(48(64)57-47)14-8-10-23-52;1-28(54)43-46(62)51-38(23-29-10-4-3-5-11-29)47(63)53(2)39(19-20-42(58)59)41(57)26-32(22-30-15-17-34(55)18-16-30)45(61)50-37(24-33-27-49-36-14-7-6-13-35(33)36)40(56)25-31(44(60)52-43)12-8-9-21-48/h3-7,12-13,15-16,18-21,31-32,35-36,41-43,47,54,59-60,68H,8-11,14,17,22-30,52H2,1-2H3,(H,53,63)(H,55,65)(H,56,66)(H,57,64);3-7,10-11,13-18,27-28,31-32,37-39,43,49,54-55H,8-9,12,19-26,48H2,1-2H3,(H,50,61)(H,51,62)(H,52,60)(H,58,59)/t32-,35-,36-,41-,42?,43+,47+;28-,31-,32-,37-,38?,39+,43+/m11/s1. The average Bonchev–Trinajstić information content (AvgIpc) is 1.04. The number of carbonyl (C=O) groups is 14. The van der Waals surface area contributed by atoms with Crippen LogP contribution in [-0.4, -0.2) is 228 Å². The Morgan fingerprint density at radius 2 is 0.771 bits per heavy atom. The number of phenolic OH excluding ortho intramolecular Hbond substituents is 2. The quantitative estimate of drug-likeness (QED) is 0.0165. The van der Waals surface area contributed by atoms with Gasteiger partial charge in [-0.05, 0) is 167 Å². The molecule has 131 heavy (non-hydrogen) atoms. The van der Waals surface area contributed by atoms with E-state index in [-0.39, 0.29) is 107 Å². The third-order valence-corrected chi connectivity index (χ3v) is 24.4. The van der Waals surface area contributed by atoms with Gasteiger partial charge in [0.05, 0.1) is 36.4 Å². The van der Waals surface area contributed by atoms with E-state index >= 15 is 0 Å². The fourth-order valence-corrected chi connectivity index (χ4v) is 17.0. The number of carboxylic acids is 1. The van der Waals surface area contributed by atoms with Crippen molar-refractivity contribution in [1.82, 2.24) is 57.0 Å². The number of fused-ring (bicyclic) bond motifs is 2. The number of ketones is 4. The molecule has 0 spiro atoms. The molecule has 14 atom stereocenters. The van der Waals surface area contributed by atoms with Crippen LogP contribution in [0.15, 0.2) is 170 Å². The van der Waals surface area contributed by atoms with Crippen LogP contribution in [-0.2, 0) is 106 Å². The smallest absolute Gasteiger partial charge is 0.303 e. The first kappa shape index (κ1) is 102. The molecule has 10 rings (SSSR count). The number of nitrogens with one attached hydrogen (secondary N) is 9. The van der Waals surface area contributed by atoms with Gasteiger partial charge in [-0.25, -0.2) is 0 Å². The van der Waals surface area contributed by atoms with Crippen LogP contribution in [0.4, 0.5) is 0 Å². The molecule has 702 valence electrons. The van der Waals surface area contributed by atoms with Gasteiger partial charge in [-0.1, -0.05) is 134 Å². The Morgan fingerprint density at radius 3 is 1.16 bits per heavy atom. The molecule has 0 aliphatic carbocycles. The summed E-state index contributed by atoms with van der Waals surface area (Å²) in [5.74, 6) is -13.1. The Hall–Kier alpha value is -12.4. The number of hydrogen-bond donors (Lipinski definition) is 17. The van der Waals surface area contributed by atoms with Gasteiger partial charge in [0.25, 0.3) is 0 Å². The van der Waals surface area contributed by atoms with Crippen molar-refractivity contribution < 1.29 is 92.7 Å². The molecule has 8 aromatic rings. The third kappa shape index (κ3) is 30.9. The van der Waals surface area contributed by atoms with Crippen LogP contribution in [0.1, 0.15) is 150 Å². The SMILES string of the molecule is C[C@@H](O)[C@@H]1NC(=O)[C@H](CCCCN)CC(=O)[C@@H](Cc2c[nH]c3ccccc23)NC(=O)[C@H](Cc2ccc(O)cc2)CC(=O)[C@H](CCC(=O)O)N(C)C(=O)C(Cc2ccccc2)NC1=O.C[C@@H](O)[C@@H]1NC(=O)[C@H](CCCCN)CC(=O)[C@@H](Cc2c[nH]c3ccccc23)NC(=O)[C@H](Cc2ccc(O)cc2)CC(=O)[C@H](CCCCNC(=O)CCS)N(C)C(=O)C(Cc2ccccc2)NC1=O. The van der Waals surface area contributed by atoms with Gasteiger partial charge in [0.1, 0.15) is 35.7 Å². The summed E-state index contributed by atoms with van der Waals surface area (Å²) in [7, 11) is 2.78. The maximum absolute atomic E-state index is 14.9. The topological polar surface area (TPSA) is 514 Å². The highest BCUT2D eigenvalue weighted by molar-refractivity contribution is 7.80. The van der Waals surface area contributed by atoms with Crippen molar-refractivity contribution in [2.24, 2.45) is 35.1 Å². The number of amides is 9. The summed E-state index contributed by atoms with van der Waals surface area (Å²) >= 11 is 4.12. The Bertz CT molecular complexity index is 5190. The van der Waals surface area contributed by atoms with E-state index in [1.54, 1.807) is 97.3 Å². The summed E-state index contributed by atoms with van der Waals surface area (Å²) in [4.78, 5) is 207. The molecular weight excluding hydrogens is 1700 g/mol. The Kier molecular flexibility index (Phi) is 40.0. The van der Waals surface area contributed by atoms with Crippen molar-refractivity contribution in [2.45, 2.75) is 216 Å². The number of aromatic amines is 2. The molecule has 2 aliphatic heterocycles. The van der Waals surface area contributed by atoms with Crippen LogP contribution in [0.25, 0.3) is 21.8 Å². The molecule has 0 radical (unpaired) electrons. The number of nitrogens with two attached hydrogens (primary N) is 2. The minimum atomic E-state index is -1.58. The number of hydrogen-bond acceptors (Lipinski definition) is 21. The molecule has 2 aliphatic rings. The zero-order chi connectivity index (χ0) is 94.8. The first-order chi connectivity index (χ1) is 62.8. The molecule has 33 heteroatoms. The lowest BCUT2D eigenvalue weighted by molar-refractivity contribution is -0.144. The number of H-pyrrole nitrogens is 2. The second-order valence-corrected chi connectivity index (χ2v) is 34.6. The molecule has 9 amide bonds. The maximum atomic E-state index is 14.9. The molecule has 0 bridgehead atoms. The second kappa shape index (κ2) is 51.2. The van der Waals surface area contributed by atoms with Crippen LogP contribution in [0.2, 0.25) is 0 Å². The first-order valence-corrected chi connectivity index (χ1v) is 45.5. The van der Waals surface area contributed by atoms with E-state index < -0.39 is 173 Å². The van der Waals surface area contributed by atoms with Crippen molar-refractivity contribution in [3.05, 3.63) is 203 Å². The largest absolute Gasteiger partial charge is 0.508 e. The number of nitrogens with zero attached hydrogens (tertiary/aromatic N) is 2. The van der Waals surface area contributed by atoms with Gasteiger partial charge in [-0.3, -0.25) is 67.1 Å². The number of thiol groups is 1. The fourth-order valence-electron chi connectivity index (χ4n) is 16.8. The van der Waals surface area contributed by atoms with Crippen LogP contribution in [0, 0.1) is 23.7 Å². The number of likely N-dealkylation sites (N-methyl/N-ethyl adjacent to an activating group) is 2. The summed E-state index contributed by atoms with van der Waals surface area (Å²) in [6, 6.07) is 34.2. The molecule has 18 N–H and O–H groups in total. The normalized spacial score (nSPS) is 22.3. The highest BCUT2D eigenvalue weighted by Crippen LogP contribution is 2.30. The number of carboxylic acid groups (broad SMARTS) is 1. The van der Waals surface area contributed by atoms with Crippen molar-refractivity contribution in [3.8, 4) is 11.5 Å². The summed E-state index contributed by atoms with van der Waals surface area (Å²) < 4.78 is 0. The molecule has 0 saturated carbocycles. The number of aromatic hydroxyl groups is 2. The fraction of sp³-hybridized carbons (Fsp3) is 0.449. The van der Waals surface area contributed by atoms with Crippen LogP contribution in [0.5, 0.6) is 11.5 Å².